The second-order valence-electron chi connectivity index (χ2n) is 10.1. The summed E-state index contributed by atoms with van der Waals surface area (Å²) < 4.78 is 0. The molecular formula is C38H26N4O2S2. The Morgan fingerprint density at radius 1 is 0.500 bits per heavy atom. The molecule has 0 aromatic heterocycles. The third-order valence-electron chi connectivity index (χ3n) is 7.06. The minimum atomic E-state index is -0.449. The van der Waals surface area contributed by atoms with Crippen molar-refractivity contribution in [1.29, 1.82) is 0 Å². The summed E-state index contributed by atoms with van der Waals surface area (Å²) in [6.45, 7) is 0. The number of rotatable bonds is 6. The van der Waals surface area contributed by atoms with Crippen LogP contribution in [0.5, 0.6) is 0 Å². The number of carbonyl (C=O) groups is 2. The van der Waals surface area contributed by atoms with Gasteiger partial charge in [-0.15, -0.1) is 0 Å². The minimum absolute atomic E-state index is 0.0314. The van der Waals surface area contributed by atoms with Crippen LogP contribution < -0.4 is 0 Å². The second kappa shape index (κ2) is 13.9. The largest absolute Gasteiger partial charge is 0.283 e. The fourth-order valence-corrected chi connectivity index (χ4v) is 5.34. The monoisotopic (exact) mass is 634 g/mol. The van der Waals surface area contributed by atoms with Gasteiger partial charge >= 0.3 is 0 Å². The van der Waals surface area contributed by atoms with Crippen LogP contribution >= 0.6 is 24.4 Å². The van der Waals surface area contributed by atoms with Gasteiger partial charge in [-0.25, -0.2) is 19.8 Å². The molecule has 0 bridgehead atoms. The lowest BCUT2D eigenvalue weighted by Crippen LogP contribution is -2.49. The van der Waals surface area contributed by atoms with Crippen molar-refractivity contribution < 1.29 is 9.59 Å². The fourth-order valence-electron chi connectivity index (χ4n) is 4.82. The maximum Gasteiger partial charge on any atom is 0.283 e. The van der Waals surface area contributed by atoms with Crippen molar-refractivity contribution >= 4 is 70.1 Å². The Balaban J connectivity index is 1.33. The molecule has 6 nitrogen and oxygen atoms in total. The standard InChI is InChI=1S/C38H26N4O2S2/c43-35-31(25-13-19-27-15-5-1-6-16-27)39-33(29-21-9-3-10-22-29)41(35)37(45)38(46)42-34(30-23-11-4-12-24-30)40-32(36(42)44)26-14-20-28-17-7-2-8-18-28/h1-26H/b19-13+,20-14+,31-25-,32-26+. The van der Waals surface area contributed by atoms with Gasteiger partial charge in [0.15, 0.2) is 9.98 Å². The van der Waals surface area contributed by atoms with E-state index in [-0.39, 0.29) is 21.4 Å². The lowest BCUT2D eigenvalue weighted by Gasteiger charge is -2.25. The summed E-state index contributed by atoms with van der Waals surface area (Å²) >= 11 is 11.7. The number of nitrogens with zero attached hydrogens (tertiary/aromatic N) is 4. The molecule has 0 saturated heterocycles. The van der Waals surface area contributed by atoms with E-state index >= 15 is 0 Å². The van der Waals surface area contributed by atoms with E-state index in [0.717, 1.165) is 11.1 Å². The molecule has 0 spiro atoms. The molecule has 2 aliphatic heterocycles. The summed E-state index contributed by atoms with van der Waals surface area (Å²) in [7, 11) is 0. The van der Waals surface area contributed by atoms with E-state index in [1.54, 1.807) is 24.3 Å². The lowest BCUT2D eigenvalue weighted by molar-refractivity contribution is -0.121. The van der Waals surface area contributed by atoms with Gasteiger partial charge in [0.1, 0.15) is 23.1 Å². The van der Waals surface area contributed by atoms with Crippen molar-refractivity contribution in [3.63, 3.8) is 0 Å². The third-order valence-corrected chi connectivity index (χ3v) is 7.94. The highest BCUT2D eigenvalue weighted by atomic mass is 32.1. The average molecular weight is 635 g/mol. The van der Waals surface area contributed by atoms with Gasteiger partial charge in [0, 0.05) is 11.1 Å². The van der Waals surface area contributed by atoms with Crippen LogP contribution in [0.1, 0.15) is 22.3 Å². The maximum atomic E-state index is 13.9. The lowest BCUT2D eigenvalue weighted by atomic mass is 10.2. The van der Waals surface area contributed by atoms with Gasteiger partial charge in [0.05, 0.1) is 0 Å². The molecule has 0 radical (unpaired) electrons. The molecule has 0 fully saturated rings. The number of hydrogen-bond donors (Lipinski definition) is 0. The summed E-state index contributed by atoms with van der Waals surface area (Å²) in [5.41, 5.74) is 3.68. The van der Waals surface area contributed by atoms with Crippen LogP contribution in [0.4, 0.5) is 0 Å². The van der Waals surface area contributed by atoms with E-state index in [9.17, 15) is 9.59 Å². The van der Waals surface area contributed by atoms with Crippen LogP contribution in [0, 0.1) is 0 Å². The van der Waals surface area contributed by atoms with Gasteiger partial charge in [-0.3, -0.25) is 9.59 Å². The molecule has 2 aliphatic rings. The molecule has 46 heavy (non-hydrogen) atoms. The highest BCUT2D eigenvalue weighted by Crippen LogP contribution is 2.26. The molecule has 6 rings (SSSR count). The van der Waals surface area contributed by atoms with Crippen molar-refractivity contribution in [3.8, 4) is 0 Å². The van der Waals surface area contributed by atoms with Crippen LogP contribution in [0.3, 0.4) is 0 Å². The quantitative estimate of drug-likeness (QED) is 0.164. The third kappa shape index (κ3) is 6.53. The smallest absolute Gasteiger partial charge is 0.266 e. The Kier molecular flexibility index (Phi) is 9.19. The van der Waals surface area contributed by atoms with Crippen LogP contribution in [0.2, 0.25) is 0 Å². The summed E-state index contributed by atoms with van der Waals surface area (Å²) in [6.07, 6.45) is 10.6. The maximum absolute atomic E-state index is 13.9. The molecule has 0 atom stereocenters. The fraction of sp³-hybridized carbons (Fsp3) is 0. The number of thiocarbonyl (C=S) groups is 2. The molecule has 4 aromatic rings. The van der Waals surface area contributed by atoms with E-state index in [1.807, 2.05) is 133 Å². The number of benzene rings is 4. The summed E-state index contributed by atoms with van der Waals surface area (Å²) in [4.78, 5) is 39.6. The molecule has 8 heteroatoms. The van der Waals surface area contributed by atoms with E-state index in [1.165, 1.54) is 9.80 Å². The first-order valence-corrected chi connectivity index (χ1v) is 15.2. The van der Waals surface area contributed by atoms with Crippen LogP contribution in [-0.4, -0.2) is 43.3 Å². The van der Waals surface area contributed by atoms with Crippen molar-refractivity contribution in [2.75, 3.05) is 0 Å². The van der Waals surface area contributed by atoms with Crippen LogP contribution in [0.25, 0.3) is 12.2 Å². The van der Waals surface area contributed by atoms with Crippen molar-refractivity contribution in [2.24, 2.45) is 9.98 Å². The highest BCUT2D eigenvalue weighted by molar-refractivity contribution is 7.89. The zero-order valence-corrected chi connectivity index (χ0v) is 26.1. The first-order valence-electron chi connectivity index (χ1n) is 14.4. The van der Waals surface area contributed by atoms with E-state index in [4.69, 9.17) is 24.4 Å². The molecule has 0 N–H and O–H groups in total. The molecule has 222 valence electrons. The summed E-state index contributed by atoms with van der Waals surface area (Å²) in [5.74, 6) is -0.252. The normalized spacial score (nSPS) is 16.6. The molecule has 2 amide bonds. The number of carbonyl (C=O) groups excluding carboxylic acids is 2. The molecular weight excluding hydrogens is 609 g/mol. The Morgan fingerprint density at radius 2 is 0.826 bits per heavy atom. The van der Waals surface area contributed by atoms with Gasteiger partial charge in [0.2, 0.25) is 0 Å². The Bertz CT molecular complexity index is 1850. The summed E-state index contributed by atoms with van der Waals surface area (Å²) in [5, 5.41) is 0. The molecule has 0 unspecified atom stereocenters. The second-order valence-corrected chi connectivity index (χ2v) is 10.9. The van der Waals surface area contributed by atoms with Crippen LogP contribution in [-0.2, 0) is 9.59 Å². The minimum Gasteiger partial charge on any atom is -0.266 e. The number of amidine groups is 2. The number of allylic oxidation sites excluding steroid dienone is 4. The van der Waals surface area contributed by atoms with E-state index in [0.29, 0.717) is 22.8 Å². The summed E-state index contributed by atoms with van der Waals surface area (Å²) in [6, 6.07) is 38.0. The van der Waals surface area contributed by atoms with Gasteiger partial charge in [-0.05, 0) is 23.3 Å². The average Bonchev–Trinajstić information content (AvgIpc) is 3.61. The molecule has 2 heterocycles. The predicted octanol–water partition coefficient (Wildman–Crippen LogP) is 7.41. The van der Waals surface area contributed by atoms with E-state index in [2.05, 4.69) is 9.98 Å². The van der Waals surface area contributed by atoms with E-state index < -0.39 is 11.8 Å². The molecule has 4 aromatic carbocycles. The Morgan fingerprint density at radius 3 is 1.17 bits per heavy atom. The number of aliphatic imine (C=N–C) groups is 2. The zero-order valence-electron chi connectivity index (χ0n) is 24.4. The first-order chi connectivity index (χ1) is 22.5. The SMILES string of the molecule is O=C1/C(=C/C=C/c2ccccc2)N=C(c2ccccc2)N1C(=S)C(=S)N1C(=O)/C(=C\C=C\c2ccccc2)N=C1c1ccccc1. The number of amides is 2. The molecule has 0 aliphatic carbocycles. The Labute approximate surface area is 277 Å². The van der Waals surface area contributed by atoms with Crippen molar-refractivity contribution in [2.45, 2.75) is 0 Å². The van der Waals surface area contributed by atoms with Crippen molar-refractivity contribution in [3.05, 3.63) is 179 Å². The van der Waals surface area contributed by atoms with Crippen LogP contribution in [0.15, 0.2) is 167 Å². The van der Waals surface area contributed by atoms with Gasteiger partial charge < -0.3 is 0 Å². The van der Waals surface area contributed by atoms with Gasteiger partial charge in [-0.1, -0.05) is 170 Å². The highest BCUT2D eigenvalue weighted by Gasteiger charge is 2.41. The topological polar surface area (TPSA) is 65.3 Å². The number of hydrogen-bond acceptors (Lipinski definition) is 6. The van der Waals surface area contributed by atoms with Gasteiger partial charge in [0.25, 0.3) is 11.8 Å². The zero-order chi connectivity index (χ0) is 31.9. The van der Waals surface area contributed by atoms with Crippen molar-refractivity contribution in [1.82, 2.24) is 9.80 Å². The first kappa shape index (κ1) is 30.3. The predicted molar refractivity (Wildman–Crippen MR) is 192 cm³/mol. The Hall–Kier alpha value is -5.70. The van der Waals surface area contributed by atoms with Gasteiger partial charge in [-0.2, -0.15) is 0 Å². The molecule has 0 saturated carbocycles.